The summed E-state index contributed by atoms with van der Waals surface area (Å²) in [7, 11) is 0. The highest BCUT2D eigenvalue weighted by Gasteiger charge is 2.15. The Morgan fingerprint density at radius 3 is 2.60 bits per heavy atom. The first-order valence-corrected chi connectivity index (χ1v) is 8.47. The van der Waals surface area contributed by atoms with Crippen LogP contribution in [0.15, 0.2) is 29.6 Å². The molecule has 1 aromatic carbocycles. The molecule has 1 heterocycles. The number of hydrogen-bond acceptors (Lipinski definition) is 3. The standard InChI is InChI=1S/C17H22N2S/c18-11-14-5-8-15(9-6-14)16-12-20-17(19-16)10-7-13-3-1-2-4-13/h5-6,8-9,12-13H,1-4,7,10-11,18H2. The summed E-state index contributed by atoms with van der Waals surface area (Å²) >= 11 is 1.80. The van der Waals surface area contributed by atoms with Crippen molar-refractivity contribution in [2.24, 2.45) is 11.7 Å². The molecule has 0 saturated heterocycles. The average molecular weight is 286 g/mol. The minimum Gasteiger partial charge on any atom is -0.326 e. The maximum atomic E-state index is 5.63. The van der Waals surface area contributed by atoms with Gasteiger partial charge < -0.3 is 5.73 Å². The number of nitrogens with zero attached hydrogens (tertiary/aromatic N) is 1. The molecule has 2 N–H and O–H groups in total. The van der Waals surface area contributed by atoms with Gasteiger partial charge in [-0.1, -0.05) is 49.9 Å². The summed E-state index contributed by atoms with van der Waals surface area (Å²) in [6.45, 7) is 0.601. The summed E-state index contributed by atoms with van der Waals surface area (Å²) < 4.78 is 0. The van der Waals surface area contributed by atoms with Gasteiger partial charge in [0, 0.05) is 17.5 Å². The molecular formula is C17H22N2S. The van der Waals surface area contributed by atoms with E-state index in [0.29, 0.717) is 6.54 Å². The summed E-state index contributed by atoms with van der Waals surface area (Å²) in [6.07, 6.45) is 8.19. The number of aryl methyl sites for hydroxylation is 1. The van der Waals surface area contributed by atoms with Gasteiger partial charge in [-0.05, 0) is 24.3 Å². The van der Waals surface area contributed by atoms with Crippen molar-refractivity contribution >= 4 is 11.3 Å². The first-order valence-electron chi connectivity index (χ1n) is 7.59. The molecule has 1 fully saturated rings. The van der Waals surface area contributed by atoms with Crippen LogP contribution in [-0.2, 0) is 13.0 Å². The SMILES string of the molecule is NCc1ccc(-c2csc(CCC3CCCC3)n2)cc1. The third-order valence-electron chi connectivity index (χ3n) is 4.28. The Hall–Kier alpha value is -1.19. The molecular weight excluding hydrogens is 264 g/mol. The van der Waals surface area contributed by atoms with Crippen molar-refractivity contribution in [3.05, 3.63) is 40.2 Å². The molecule has 0 bridgehead atoms. The lowest BCUT2D eigenvalue weighted by Crippen LogP contribution is -1.96. The molecule has 0 radical (unpaired) electrons. The van der Waals surface area contributed by atoms with Crippen LogP contribution in [0, 0.1) is 5.92 Å². The molecule has 1 aliphatic rings. The monoisotopic (exact) mass is 286 g/mol. The Labute approximate surface area is 125 Å². The second-order valence-corrected chi connectivity index (χ2v) is 6.66. The van der Waals surface area contributed by atoms with Crippen molar-refractivity contribution in [3.63, 3.8) is 0 Å². The van der Waals surface area contributed by atoms with Gasteiger partial charge in [0.1, 0.15) is 0 Å². The van der Waals surface area contributed by atoms with Gasteiger partial charge in [0.05, 0.1) is 10.7 Å². The van der Waals surface area contributed by atoms with Crippen molar-refractivity contribution in [1.29, 1.82) is 0 Å². The first kappa shape index (κ1) is 13.8. The van der Waals surface area contributed by atoms with Gasteiger partial charge in [0.15, 0.2) is 0 Å². The Kier molecular flexibility index (Phi) is 4.48. The molecule has 1 aliphatic carbocycles. The molecule has 2 nitrogen and oxygen atoms in total. The van der Waals surface area contributed by atoms with E-state index in [1.165, 1.54) is 48.2 Å². The molecule has 0 atom stereocenters. The lowest BCUT2D eigenvalue weighted by atomic mass is 10.0. The van der Waals surface area contributed by atoms with E-state index >= 15 is 0 Å². The Bertz CT molecular complexity index is 538. The normalized spacial score (nSPS) is 15.8. The Morgan fingerprint density at radius 1 is 1.15 bits per heavy atom. The zero-order valence-electron chi connectivity index (χ0n) is 11.8. The molecule has 3 heteroatoms. The number of aromatic nitrogens is 1. The van der Waals surface area contributed by atoms with Crippen LogP contribution in [0.2, 0.25) is 0 Å². The summed E-state index contributed by atoms with van der Waals surface area (Å²) in [6, 6.07) is 8.43. The Morgan fingerprint density at radius 2 is 1.90 bits per heavy atom. The highest BCUT2D eigenvalue weighted by atomic mass is 32.1. The number of benzene rings is 1. The molecule has 1 aromatic heterocycles. The molecule has 106 valence electrons. The predicted octanol–water partition coefficient (Wildman–Crippen LogP) is 4.39. The van der Waals surface area contributed by atoms with Gasteiger partial charge >= 0.3 is 0 Å². The average Bonchev–Trinajstić information content (AvgIpc) is 3.17. The predicted molar refractivity (Wildman–Crippen MR) is 85.7 cm³/mol. The maximum absolute atomic E-state index is 5.63. The van der Waals surface area contributed by atoms with E-state index < -0.39 is 0 Å². The third kappa shape index (κ3) is 3.28. The van der Waals surface area contributed by atoms with Crippen molar-refractivity contribution in [2.75, 3.05) is 0 Å². The van der Waals surface area contributed by atoms with Gasteiger partial charge in [-0.15, -0.1) is 11.3 Å². The van der Waals surface area contributed by atoms with Gasteiger partial charge in [-0.2, -0.15) is 0 Å². The minimum atomic E-state index is 0.601. The van der Waals surface area contributed by atoms with Gasteiger partial charge in [-0.25, -0.2) is 4.98 Å². The number of hydrogen-bond donors (Lipinski definition) is 1. The van der Waals surface area contributed by atoms with Crippen LogP contribution >= 0.6 is 11.3 Å². The number of rotatable bonds is 5. The highest BCUT2D eigenvalue weighted by Crippen LogP contribution is 2.30. The lowest BCUT2D eigenvalue weighted by molar-refractivity contribution is 0.503. The van der Waals surface area contributed by atoms with E-state index in [1.807, 2.05) is 0 Å². The van der Waals surface area contributed by atoms with Crippen molar-refractivity contribution < 1.29 is 0 Å². The van der Waals surface area contributed by atoms with Crippen LogP contribution in [-0.4, -0.2) is 4.98 Å². The topological polar surface area (TPSA) is 38.9 Å². The fourth-order valence-corrected chi connectivity index (χ4v) is 3.82. The number of thiazole rings is 1. The van der Waals surface area contributed by atoms with Gasteiger partial charge in [0.25, 0.3) is 0 Å². The quantitative estimate of drug-likeness (QED) is 0.885. The molecule has 0 aliphatic heterocycles. The van der Waals surface area contributed by atoms with Crippen molar-refractivity contribution in [1.82, 2.24) is 4.98 Å². The second kappa shape index (κ2) is 6.51. The second-order valence-electron chi connectivity index (χ2n) is 5.72. The van der Waals surface area contributed by atoms with Crippen LogP contribution < -0.4 is 5.73 Å². The van der Waals surface area contributed by atoms with Gasteiger partial charge in [0.2, 0.25) is 0 Å². The molecule has 2 aromatic rings. The fourth-order valence-electron chi connectivity index (χ4n) is 3.00. The largest absolute Gasteiger partial charge is 0.326 e. The lowest BCUT2D eigenvalue weighted by Gasteiger charge is -2.05. The van der Waals surface area contributed by atoms with E-state index in [0.717, 1.165) is 18.0 Å². The van der Waals surface area contributed by atoms with E-state index in [1.54, 1.807) is 11.3 Å². The van der Waals surface area contributed by atoms with Crippen LogP contribution in [0.1, 0.15) is 42.7 Å². The van der Waals surface area contributed by atoms with Crippen LogP contribution in [0.4, 0.5) is 0 Å². The highest BCUT2D eigenvalue weighted by molar-refractivity contribution is 7.09. The minimum absolute atomic E-state index is 0.601. The molecule has 0 amide bonds. The smallest absolute Gasteiger partial charge is 0.0932 e. The first-order chi connectivity index (χ1) is 9.85. The van der Waals surface area contributed by atoms with Crippen molar-refractivity contribution in [2.45, 2.75) is 45.1 Å². The van der Waals surface area contributed by atoms with Crippen LogP contribution in [0.5, 0.6) is 0 Å². The summed E-state index contributed by atoms with van der Waals surface area (Å²) in [5.74, 6) is 0.950. The molecule has 1 saturated carbocycles. The molecule has 3 rings (SSSR count). The maximum Gasteiger partial charge on any atom is 0.0932 e. The third-order valence-corrected chi connectivity index (χ3v) is 5.19. The molecule has 0 unspecified atom stereocenters. The summed E-state index contributed by atoms with van der Waals surface area (Å²) in [5, 5.41) is 3.47. The fraction of sp³-hybridized carbons (Fsp3) is 0.471. The Balaban J connectivity index is 1.62. The van der Waals surface area contributed by atoms with E-state index in [9.17, 15) is 0 Å². The summed E-state index contributed by atoms with van der Waals surface area (Å²) in [4.78, 5) is 4.78. The van der Waals surface area contributed by atoms with Crippen LogP contribution in [0.25, 0.3) is 11.3 Å². The van der Waals surface area contributed by atoms with Crippen LogP contribution in [0.3, 0.4) is 0 Å². The van der Waals surface area contributed by atoms with E-state index in [2.05, 4.69) is 29.6 Å². The summed E-state index contributed by atoms with van der Waals surface area (Å²) in [5.41, 5.74) is 9.11. The van der Waals surface area contributed by atoms with E-state index in [4.69, 9.17) is 10.7 Å². The molecule has 0 spiro atoms. The number of nitrogens with two attached hydrogens (primary N) is 1. The zero-order chi connectivity index (χ0) is 13.8. The molecule has 20 heavy (non-hydrogen) atoms. The van der Waals surface area contributed by atoms with Crippen molar-refractivity contribution in [3.8, 4) is 11.3 Å². The van der Waals surface area contributed by atoms with Gasteiger partial charge in [-0.3, -0.25) is 0 Å². The van der Waals surface area contributed by atoms with E-state index in [-0.39, 0.29) is 0 Å². The zero-order valence-corrected chi connectivity index (χ0v) is 12.7.